The Labute approximate surface area is 395 Å². The van der Waals surface area contributed by atoms with Crippen molar-refractivity contribution < 1.29 is 97.9 Å². The van der Waals surface area contributed by atoms with E-state index in [0.29, 0.717) is 0 Å². The molecule has 0 aliphatic carbocycles. The molecule has 0 aromatic rings. The van der Waals surface area contributed by atoms with Crippen LogP contribution >= 0.6 is 0 Å². The zero-order valence-electron chi connectivity index (χ0n) is 38.7. The zero-order chi connectivity index (χ0) is 52.4. The van der Waals surface area contributed by atoms with E-state index in [0.717, 1.165) is 20.8 Å². The first-order valence-electron chi connectivity index (χ1n) is 22.0. The third kappa shape index (κ3) is 18.3. The molecule has 0 aromatic carbocycles. The molecule has 0 bridgehead atoms. The number of aliphatic carboxylic acids is 2. The number of aliphatic hydroxyl groups excluding tert-OH is 5. The van der Waals surface area contributed by atoms with Gasteiger partial charge in [-0.05, 0) is 46.0 Å². The maximum Gasteiger partial charge on any atom is 0.326 e. The van der Waals surface area contributed by atoms with Crippen LogP contribution < -0.4 is 48.7 Å². The van der Waals surface area contributed by atoms with Gasteiger partial charge in [-0.25, -0.2) is 4.79 Å². The van der Waals surface area contributed by atoms with Crippen molar-refractivity contribution in [1.82, 2.24) is 37.2 Å². The Balaban J connectivity index is 2.21. The number of aliphatic hydroxyl groups is 5. The molecule has 2 aliphatic heterocycles. The molecule has 16 atom stereocenters. The van der Waals surface area contributed by atoms with Gasteiger partial charge in [0.2, 0.25) is 47.3 Å². The average Bonchev–Trinajstić information content (AvgIpc) is 3.27. The van der Waals surface area contributed by atoms with Crippen molar-refractivity contribution in [3.63, 3.8) is 0 Å². The second-order valence-electron chi connectivity index (χ2n) is 16.8. The van der Waals surface area contributed by atoms with Crippen LogP contribution in [0.15, 0.2) is 0 Å². The molecule has 0 radical (unpaired) electrons. The minimum atomic E-state index is -1.78. The summed E-state index contributed by atoms with van der Waals surface area (Å²) in [5, 5.41) is 87.6. The minimum Gasteiger partial charge on any atom is -0.480 e. The standard InChI is InChI=1S/C40H67N9O20/c1-15(11-20-28(45-18(4)52)39(66)67-25(14-51)32(20)69-40-29(46-19(5)53)31(57)30(56)24(13-50)68-40)34(59)43-16(2)35(60)49-21(33(42)58)9-10-26(54)47-22(36(61)44-17(3)37(62)63)7-6-8-23(38(64)65)48-27(55)12-41/h15-17,20-25,28-32,39-40,50-51,56-57,66H,6-14,41H2,1-5H3,(H2,42,58)(H,43,59)(H,44,61)(H,45,52)(H,46,53)(H,47,54)(H,48,55)(H,49,60)(H,62,63)(H,64,65)/t15-,16-,17-,20+,21-,22-,23+,24+,25+,28+,29+,30+,31+,32-,39+,40-/m0/s1. The van der Waals surface area contributed by atoms with Crippen molar-refractivity contribution in [1.29, 1.82) is 0 Å². The number of nitrogens with one attached hydrogen (secondary N) is 7. The molecule has 29 heteroatoms. The molecule has 2 rings (SSSR count). The Morgan fingerprint density at radius 1 is 0.638 bits per heavy atom. The lowest BCUT2D eigenvalue weighted by atomic mass is 9.80. The molecule has 69 heavy (non-hydrogen) atoms. The highest BCUT2D eigenvalue weighted by atomic mass is 16.7. The van der Waals surface area contributed by atoms with E-state index >= 15 is 0 Å². The van der Waals surface area contributed by atoms with Crippen LogP contribution in [0.1, 0.15) is 73.1 Å². The lowest BCUT2D eigenvalue weighted by Gasteiger charge is -2.49. The fourth-order valence-corrected chi connectivity index (χ4v) is 7.55. The topological polar surface area (TPSA) is 476 Å². The van der Waals surface area contributed by atoms with E-state index in [1.807, 2.05) is 0 Å². The third-order valence-electron chi connectivity index (χ3n) is 11.3. The number of hydrogen-bond acceptors (Lipinski definition) is 19. The summed E-state index contributed by atoms with van der Waals surface area (Å²) < 4.78 is 17.4. The van der Waals surface area contributed by atoms with Crippen molar-refractivity contribution in [3.05, 3.63) is 0 Å². The number of carboxylic acid groups (broad SMARTS) is 2. The summed E-state index contributed by atoms with van der Waals surface area (Å²) in [5.74, 6) is -11.8. The lowest BCUT2D eigenvalue weighted by molar-refractivity contribution is -0.322. The van der Waals surface area contributed by atoms with E-state index in [4.69, 9.17) is 25.7 Å². The van der Waals surface area contributed by atoms with Gasteiger partial charge in [0.05, 0.1) is 31.9 Å². The zero-order valence-corrected chi connectivity index (χ0v) is 38.7. The number of amides is 8. The number of hydrogen-bond donors (Lipinski definition) is 16. The van der Waals surface area contributed by atoms with Crippen molar-refractivity contribution >= 4 is 59.2 Å². The van der Waals surface area contributed by atoms with E-state index in [1.54, 1.807) is 0 Å². The van der Waals surface area contributed by atoms with Gasteiger partial charge in [0.15, 0.2) is 12.6 Å². The number of primary amides is 1. The molecular weight excluding hydrogens is 926 g/mol. The summed E-state index contributed by atoms with van der Waals surface area (Å²) in [6, 6.07) is -9.91. The summed E-state index contributed by atoms with van der Waals surface area (Å²) in [4.78, 5) is 124. The van der Waals surface area contributed by atoms with E-state index in [9.17, 15) is 83.7 Å². The van der Waals surface area contributed by atoms with Crippen LogP contribution in [-0.2, 0) is 62.2 Å². The van der Waals surface area contributed by atoms with Gasteiger partial charge in [0, 0.05) is 32.1 Å². The van der Waals surface area contributed by atoms with Crippen molar-refractivity contribution in [2.45, 2.75) is 159 Å². The highest BCUT2D eigenvalue weighted by Gasteiger charge is 2.52. The molecule has 8 amide bonds. The van der Waals surface area contributed by atoms with Crippen LogP contribution in [0.25, 0.3) is 0 Å². The Morgan fingerprint density at radius 2 is 1.20 bits per heavy atom. The summed E-state index contributed by atoms with van der Waals surface area (Å²) in [6.45, 7) is 3.92. The Hall–Kier alpha value is -5.66. The van der Waals surface area contributed by atoms with Gasteiger partial charge in [0.1, 0.15) is 60.7 Å². The molecular formula is C40H67N9O20. The molecule has 2 aliphatic rings. The summed E-state index contributed by atoms with van der Waals surface area (Å²) in [6.07, 6.45) is -12.9. The average molecular weight is 994 g/mol. The Bertz CT molecular complexity index is 1830. The van der Waals surface area contributed by atoms with Crippen LogP contribution in [0.4, 0.5) is 0 Å². The molecule has 29 nitrogen and oxygen atoms in total. The smallest absolute Gasteiger partial charge is 0.326 e. The van der Waals surface area contributed by atoms with Gasteiger partial charge in [-0.2, -0.15) is 0 Å². The first-order chi connectivity index (χ1) is 32.3. The number of nitrogens with two attached hydrogens (primary N) is 2. The van der Waals surface area contributed by atoms with Crippen LogP contribution in [0.3, 0.4) is 0 Å². The van der Waals surface area contributed by atoms with Crippen LogP contribution in [-0.4, -0.2) is 200 Å². The van der Waals surface area contributed by atoms with Gasteiger partial charge in [-0.3, -0.25) is 43.2 Å². The Kier molecular flexibility index (Phi) is 24.2. The van der Waals surface area contributed by atoms with Crippen molar-refractivity contribution in [2.75, 3.05) is 19.8 Å². The van der Waals surface area contributed by atoms with E-state index in [1.165, 1.54) is 13.8 Å². The maximum atomic E-state index is 13.6. The minimum absolute atomic E-state index is 0.0767. The fourth-order valence-electron chi connectivity index (χ4n) is 7.55. The largest absolute Gasteiger partial charge is 0.480 e. The van der Waals surface area contributed by atoms with Crippen LogP contribution in [0.5, 0.6) is 0 Å². The second kappa shape index (κ2) is 28.1. The van der Waals surface area contributed by atoms with E-state index in [2.05, 4.69) is 37.2 Å². The molecule has 2 fully saturated rings. The molecule has 392 valence electrons. The summed E-state index contributed by atoms with van der Waals surface area (Å²) in [5.41, 5.74) is 10.7. The highest BCUT2D eigenvalue weighted by Crippen LogP contribution is 2.35. The molecule has 0 spiro atoms. The number of carbonyl (C=O) groups is 10. The molecule has 2 heterocycles. The van der Waals surface area contributed by atoms with E-state index in [-0.39, 0.29) is 25.7 Å². The van der Waals surface area contributed by atoms with Crippen molar-refractivity contribution in [3.8, 4) is 0 Å². The lowest BCUT2D eigenvalue weighted by Crippen LogP contribution is -2.68. The molecule has 2 saturated heterocycles. The highest BCUT2D eigenvalue weighted by molar-refractivity contribution is 5.93. The SMILES string of the molecule is CC(=O)N[C@@H]1[C@@H](C[C@H](C)C(=O)N[C@@H](C)C(=O)N[C@@H](CCC(=O)N[C@@H](CCC[C@@H](NC(=O)CN)C(=O)O)C(=O)N[C@@H](C)C(=O)O)C(N)=O)[C@H](O[C@@H]2O[C@H](CO)[C@@H](O)[C@H](O)[C@H]2NC(C)=O)[C@@H](CO)O[C@H]1O. The summed E-state index contributed by atoms with van der Waals surface area (Å²) >= 11 is 0. The second-order valence-corrected chi connectivity index (χ2v) is 16.8. The normalized spacial score (nSPS) is 27.1. The first-order valence-corrected chi connectivity index (χ1v) is 22.0. The monoisotopic (exact) mass is 993 g/mol. The van der Waals surface area contributed by atoms with E-state index < -0.39 is 189 Å². The summed E-state index contributed by atoms with van der Waals surface area (Å²) in [7, 11) is 0. The van der Waals surface area contributed by atoms with Crippen LogP contribution in [0, 0.1) is 11.8 Å². The number of rotatable bonds is 27. The molecule has 0 aromatic heterocycles. The maximum absolute atomic E-state index is 13.6. The molecule has 18 N–H and O–H groups in total. The fraction of sp³-hybridized carbons (Fsp3) is 0.750. The van der Waals surface area contributed by atoms with Gasteiger partial charge in [-0.1, -0.05) is 6.92 Å². The molecule has 0 saturated carbocycles. The quantitative estimate of drug-likeness (QED) is 0.0363. The van der Waals surface area contributed by atoms with Gasteiger partial charge in [-0.15, -0.1) is 0 Å². The molecule has 0 unspecified atom stereocenters. The number of carbonyl (C=O) groups excluding carboxylic acids is 8. The first kappa shape index (κ1) is 59.5. The van der Waals surface area contributed by atoms with Gasteiger partial charge in [0.25, 0.3) is 0 Å². The van der Waals surface area contributed by atoms with Crippen molar-refractivity contribution in [2.24, 2.45) is 23.3 Å². The Morgan fingerprint density at radius 3 is 1.74 bits per heavy atom. The number of carboxylic acids is 2. The predicted molar refractivity (Wildman–Crippen MR) is 231 cm³/mol. The van der Waals surface area contributed by atoms with Gasteiger partial charge >= 0.3 is 11.9 Å². The predicted octanol–water partition coefficient (Wildman–Crippen LogP) is -7.80. The van der Waals surface area contributed by atoms with Crippen LogP contribution in [0.2, 0.25) is 0 Å². The third-order valence-corrected chi connectivity index (χ3v) is 11.3. The number of ether oxygens (including phenoxy) is 3. The van der Waals surface area contributed by atoms with Gasteiger partial charge < -0.3 is 98.6 Å².